The van der Waals surface area contributed by atoms with E-state index in [4.69, 9.17) is 23.2 Å². The highest BCUT2D eigenvalue weighted by molar-refractivity contribution is 6.27. The Labute approximate surface area is 133 Å². The lowest BCUT2D eigenvalue weighted by atomic mass is 9.75. The molecule has 0 saturated heterocycles. The summed E-state index contributed by atoms with van der Waals surface area (Å²) in [7, 11) is 0. The molecule has 1 fully saturated rings. The second kappa shape index (κ2) is 6.28. The zero-order chi connectivity index (χ0) is 14.8. The molecule has 1 aromatic carbocycles. The minimum atomic E-state index is -0.161. The van der Waals surface area contributed by atoms with E-state index in [1.165, 1.54) is 18.4 Å². The molecule has 112 valence electrons. The molecule has 0 heterocycles. The maximum absolute atomic E-state index is 6.67. The van der Waals surface area contributed by atoms with Crippen LogP contribution >= 0.6 is 23.2 Å². The highest BCUT2D eigenvalue weighted by Gasteiger charge is 2.36. The topological polar surface area (TPSA) is 0 Å². The Balaban J connectivity index is 2.12. The number of alkyl halides is 2. The summed E-state index contributed by atoms with van der Waals surface area (Å²) in [5, 5.41) is 0. The molecule has 1 saturated carbocycles. The second-order valence-corrected chi connectivity index (χ2v) is 8.87. The number of benzene rings is 1. The van der Waals surface area contributed by atoms with Gasteiger partial charge >= 0.3 is 0 Å². The van der Waals surface area contributed by atoms with Crippen LogP contribution in [-0.4, -0.2) is 9.75 Å². The quantitative estimate of drug-likeness (QED) is 0.557. The highest BCUT2D eigenvalue weighted by atomic mass is 35.5. The van der Waals surface area contributed by atoms with Crippen LogP contribution in [0.15, 0.2) is 30.3 Å². The molecule has 0 aromatic heterocycles. The summed E-state index contributed by atoms with van der Waals surface area (Å²) >= 11 is 13.3. The monoisotopic (exact) mass is 312 g/mol. The minimum Gasteiger partial charge on any atom is -0.120 e. The molecule has 3 unspecified atom stereocenters. The molecule has 0 nitrogen and oxygen atoms in total. The van der Waals surface area contributed by atoms with Crippen LogP contribution in [0.1, 0.15) is 64.4 Å². The summed E-state index contributed by atoms with van der Waals surface area (Å²) < 4.78 is 0. The fourth-order valence-corrected chi connectivity index (χ4v) is 4.47. The Morgan fingerprint density at radius 2 is 1.50 bits per heavy atom. The van der Waals surface area contributed by atoms with Crippen molar-refractivity contribution >= 4 is 23.2 Å². The average molecular weight is 313 g/mol. The summed E-state index contributed by atoms with van der Waals surface area (Å²) in [6, 6.07) is 10.8. The molecular weight excluding hydrogens is 287 g/mol. The predicted molar refractivity (Wildman–Crippen MR) is 89.9 cm³/mol. The first-order chi connectivity index (χ1) is 9.29. The molecule has 0 spiro atoms. The van der Waals surface area contributed by atoms with Crippen molar-refractivity contribution in [3.8, 4) is 0 Å². The van der Waals surface area contributed by atoms with Crippen molar-refractivity contribution in [1.82, 2.24) is 0 Å². The Hall–Kier alpha value is -0.200. The van der Waals surface area contributed by atoms with Gasteiger partial charge < -0.3 is 0 Å². The summed E-state index contributed by atoms with van der Waals surface area (Å²) in [5.74, 6) is 1.25. The molecule has 0 bridgehead atoms. The summed E-state index contributed by atoms with van der Waals surface area (Å²) in [6.45, 7) is 6.63. The fraction of sp³-hybridized carbons (Fsp3) is 0.667. The molecule has 1 aliphatic carbocycles. The zero-order valence-corrected chi connectivity index (χ0v) is 14.3. The van der Waals surface area contributed by atoms with E-state index in [-0.39, 0.29) is 9.75 Å². The molecule has 2 heteroatoms. The van der Waals surface area contributed by atoms with Crippen molar-refractivity contribution in [2.75, 3.05) is 0 Å². The van der Waals surface area contributed by atoms with Crippen LogP contribution in [0.5, 0.6) is 0 Å². The standard InChI is InChI=1S/C18H26Cl2/c1-14(15-7-5-4-6-8-15)16-9-11-17(2,19)13-18(3,20)12-10-16/h4-8,14,16H,9-13H2,1-3H3. The van der Waals surface area contributed by atoms with Gasteiger partial charge in [0.15, 0.2) is 0 Å². The van der Waals surface area contributed by atoms with Crippen molar-refractivity contribution in [3.05, 3.63) is 35.9 Å². The molecule has 1 aromatic rings. The van der Waals surface area contributed by atoms with Gasteiger partial charge in [-0.2, -0.15) is 0 Å². The Bertz CT molecular complexity index is 404. The van der Waals surface area contributed by atoms with Gasteiger partial charge in [0.05, 0.1) is 0 Å². The average Bonchev–Trinajstić information content (AvgIpc) is 2.36. The first-order valence-corrected chi connectivity index (χ1v) is 8.47. The van der Waals surface area contributed by atoms with Gasteiger partial charge in [-0.25, -0.2) is 0 Å². The number of rotatable bonds is 2. The van der Waals surface area contributed by atoms with Gasteiger partial charge in [0.25, 0.3) is 0 Å². The molecule has 1 aliphatic rings. The molecular formula is C18H26Cl2. The van der Waals surface area contributed by atoms with Crippen molar-refractivity contribution in [2.45, 2.75) is 68.5 Å². The lowest BCUT2D eigenvalue weighted by molar-refractivity contribution is 0.280. The van der Waals surface area contributed by atoms with Gasteiger partial charge in [0.2, 0.25) is 0 Å². The van der Waals surface area contributed by atoms with Gasteiger partial charge in [0.1, 0.15) is 0 Å². The molecule has 0 amide bonds. The predicted octanol–water partition coefficient (Wildman–Crippen LogP) is 6.37. The number of halogens is 2. The van der Waals surface area contributed by atoms with E-state index in [2.05, 4.69) is 51.1 Å². The molecule has 0 radical (unpaired) electrons. The minimum absolute atomic E-state index is 0.161. The van der Waals surface area contributed by atoms with Crippen molar-refractivity contribution < 1.29 is 0 Å². The highest BCUT2D eigenvalue weighted by Crippen LogP contribution is 2.44. The van der Waals surface area contributed by atoms with Crippen LogP contribution < -0.4 is 0 Å². The first-order valence-electron chi connectivity index (χ1n) is 7.72. The van der Waals surface area contributed by atoms with E-state index in [0.29, 0.717) is 11.8 Å². The molecule has 2 rings (SSSR count). The molecule has 0 aliphatic heterocycles. The van der Waals surface area contributed by atoms with E-state index in [1.807, 2.05) is 0 Å². The molecule has 0 N–H and O–H groups in total. The fourth-order valence-electron chi connectivity index (χ4n) is 3.59. The lowest BCUT2D eigenvalue weighted by Gasteiger charge is -2.38. The van der Waals surface area contributed by atoms with E-state index in [0.717, 1.165) is 19.3 Å². The van der Waals surface area contributed by atoms with E-state index >= 15 is 0 Å². The number of hydrogen-bond donors (Lipinski definition) is 0. The first kappa shape index (κ1) is 16.2. The third-order valence-electron chi connectivity index (χ3n) is 4.84. The Kier molecular flexibility index (Phi) is 5.08. The van der Waals surface area contributed by atoms with Crippen LogP contribution in [-0.2, 0) is 0 Å². The molecule has 20 heavy (non-hydrogen) atoms. The molecule has 3 atom stereocenters. The summed E-state index contributed by atoms with van der Waals surface area (Å²) in [4.78, 5) is -0.322. The summed E-state index contributed by atoms with van der Waals surface area (Å²) in [6.07, 6.45) is 5.40. The van der Waals surface area contributed by atoms with Gasteiger partial charge in [-0.05, 0) is 63.4 Å². The van der Waals surface area contributed by atoms with Gasteiger partial charge in [0, 0.05) is 9.75 Å². The largest absolute Gasteiger partial charge is 0.120 e. The third kappa shape index (κ3) is 4.40. The SMILES string of the molecule is CC(c1ccccc1)C1CCC(C)(Cl)CC(C)(Cl)CC1. The van der Waals surface area contributed by atoms with Gasteiger partial charge in [-0.15, -0.1) is 23.2 Å². The zero-order valence-electron chi connectivity index (χ0n) is 12.8. The normalized spacial score (nSPS) is 37.0. The second-order valence-electron chi connectivity index (χ2n) is 7.04. The third-order valence-corrected chi connectivity index (χ3v) is 5.49. The smallest absolute Gasteiger partial charge is 0.0435 e. The van der Waals surface area contributed by atoms with E-state index in [1.54, 1.807) is 0 Å². The van der Waals surface area contributed by atoms with Crippen LogP contribution in [0.2, 0.25) is 0 Å². The Morgan fingerprint density at radius 3 is 2.00 bits per heavy atom. The number of hydrogen-bond acceptors (Lipinski definition) is 0. The van der Waals surface area contributed by atoms with E-state index in [9.17, 15) is 0 Å². The summed E-state index contributed by atoms with van der Waals surface area (Å²) in [5.41, 5.74) is 1.44. The Morgan fingerprint density at radius 1 is 1.00 bits per heavy atom. The van der Waals surface area contributed by atoms with Crippen LogP contribution in [0, 0.1) is 5.92 Å². The van der Waals surface area contributed by atoms with Crippen molar-refractivity contribution in [1.29, 1.82) is 0 Å². The van der Waals surface area contributed by atoms with Crippen LogP contribution in [0.25, 0.3) is 0 Å². The van der Waals surface area contributed by atoms with Crippen molar-refractivity contribution in [3.63, 3.8) is 0 Å². The maximum atomic E-state index is 6.67. The van der Waals surface area contributed by atoms with E-state index < -0.39 is 0 Å². The van der Waals surface area contributed by atoms with Crippen molar-refractivity contribution in [2.24, 2.45) is 5.92 Å². The lowest BCUT2D eigenvalue weighted by Crippen LogP contribution is -2.33. The van der Waals surface area contributed by atoms with Crippen LogP contribution in [0.4, 0.5) is 0 Å². The maximum Gasteiger partial charge on any atom is 0.0435 e. The van der Waals surface area contributed by atoms with Gasteiger partial charge in [-0.3, -0.25) is 0 Å². The van der Waals surface area contributed by atoms with Gasteiger partial charge in [-0.1, -0.05) is 37.3 Å². The van der Waals surface area contributed by atoms with Crippen LogP contribution in [0.3, 0.4) is 0 Å².